The third kappa shape index (κ3) is 3.27. The quantitative estimate of drug-likeness (QED) is 0.708. The van der Waals surface area contributed by atoms with E-state index in [2.05, 4.69) is 4.42 Å². The van der Waals surface area contributed by atoms with Crippen molar-refractivity contribution in [2.24, 2.45) is 0 Å². The summed E-state index contributed by atoms with van der Waals surface area (Å²) in [5.41, 5.74) is 0.0131. The average molecular weight is 206 g/mol. The van der Waals surface area contributed by atoms with Crippen LogP contribution in [0.15, 0.2) is 39.7 Å². The van der Waals surface area contributed by atoms with E-state index in [4.69, 9.17) is 0 Å². The summed E-state index contributed by atoms with van der Waals surface area (Å²) in [7, 11) is 0. The minimum Gasteiger partial charge on any atom is -0.507 e. The van der Waals surface area contributed by atoms with Crippen LogP contribution in [-0.4, -0.2) is 11.4 Å². The van der Waals surface area contributed by atoms with Crippen LogP contribution in [0.5, 0.6) is 5.75 Å². The summed E-state index contributed by atoms with van der Waals surface area (Å²) in [5.74, 6) is -0.247. The van der Waals surface area contributed by atoms with E-state index < -0.39 is 5.63 Å². The van der Waals surface area contributed by atoms with Crippen molar-refractivity contribution in [1.29, 1.82) is 0 Å². The minimum absolute atomic E-state index is 0.0825. The van der Waals surface area contributed by atoms with Crippen molar-refractivity contribution in [2.45, 2.75) is 6.92 Å². The molecule has 0 aliphatic heterocycles. The fraction of sp³-hybridized carbons (Fsp3) is 0.0909. The Bertz CT molecular complexity index is 472. The maximum atomic E-state index is 11.1. The van der Waals surface area contributed by atoms with Crippen molar-refractivity contribution in [3.05, 3.63) is 52.1 Å². The molecule has 0 amide bonds. The molecule has 0 fully saturated rings. The van der Waals surface area contributed by atoms with E-state index in [9.17, 15) is 14.7 Å². The predicted octanol–water partition coefficient (Wildman–Crippen LogP) is 1.59. The summed E-state index contributed by atoms with van der Waals surface area (Å²) in [6.45, 7) is 1.72. The smallest absolute Gasteiger partial charge is 0.335 e. The Morgan fingerprint density at radius 1 is 1.40 bits per heavy atom. The number of carbonyl (C=O) groups excluding carboxylic acids is 1. The van der Waals surface area contributed by atoms with E-state index in [0.29, 0.717) is 11.8 Å². The first kappa shape index (κ1) is 11.0. The molecule has 0 atom stereocenters. The lowest BCUT2D eigenvalue weighted by Gasteiger charge is -1.89. The van der Waals surface area contributed by atoms with E-state index in [-0.39, 0.29) is 11.3 Å². The van der Waals surface area contributed by atoms with E-state index in [1.54, 1.807) is 13.0 Å². The van der Waals surface area contributed by atoms with Crippen LogP contribution in [0.25, 0.3) is 0 Å². The molecule has 0 saturated heterocycles. The molecule has 0 radical (unpaired) electrons. The number of carbonyl (C=O) groups is 1. The maximum Gasteiger partial charge on any atom is 0.335 e. The van der Waals surface area contributed by atoms with Crippen molar-refractivity contribution < 1.29 is 14.3 Å². The Kier molecular flexibility index (Phi) is 3.62. The first-order chi connectivity index (χ1) is 7.13. The van der Waals surface area contributed by atoms with Crippen LogP contribution in [0, 0.1) is 6.92 Å². The van der Waals surface area contributed by atoms with Crippen LogP contribution in [0.1, 0.15) is 15.9 Å². The van der Waals surface area contributed by atoms with E-state index in [0.717, 1.165) is 6.26 Å². The van der Waals surface area contributed by atoms with Gasteiger partial charge in [0.1, 0.15) is 12.0 Å². The number of hydrogen-bond donors (Lipinski definition) is 1. The third-order valence-electron chi connectivity index (χ3n) is 1.68. The van der Waals surface area contributed by atoms with Gasteiger partial charge in [0.05, 0.1) is 5.56 Å². The molecule has 0 aliphatic rings. The van der Waals surface area contributed by atoms with Gasteiger partial charge in [-0.05, 0) is 18.6 Å². The molecule has 1 heterocycles. The highest BCUT2D eigenvalue weighted by molar-refractivity contribution is 5.77. The molecule has 15 heavy (non-hydrogen) atoms. The van der Waals surface area contributed by atoms with Gasteiger partial charge >= 0.3 is 5.63 Å². The molecule has 0 bridgehead atoms. The third-order valence-corrected chi connectivity index (χ3v) is 1.68. The molecule has 0 unspecified atom stereocenters. The fourth-order valence-corrected chi connectivity index (χ4v) is 0.925. The molecule has 1 rings (SSSR count). The zero-order valence-corrected chi connectivity index (χ0v) is 8.14. The van der Waals surface area contributed by atoms with E-state index in [1.165, 1.54) is 18.2 Å². The Balaban J connectivity index is 3.56. The summed E-state index contributed by atoms with van der Waals surface area (Å²) in [4.78, 5) is 21.6. The summed E-state index contributed by atoms with van der Waals surface area (Å²) in [6, 6.07) is 5.78. The van der Waals surface area contributed by atoms with Crippen molar-refractivity contribution in [3.63, 3.8) is 0 Å². The first-order valence-electron chi connectivity index (χ1n) is 4.25. The number of hydrogen-bond acceptors (Lipinski definition) is 4. The van der Waals surface area contributed by atoms with Crippen LogP contribution in [-0.2, 0) is 0 Å². The Morgan fingerprint density at radius 2 is 2.13 bits per heavy atom. The van der Waals surface area contributed by atoms with Gasteiger partial charge in [-0.1, -0.05) is 12.1 Å². The van der Waals surface area contributed by atoms with Gasteiger partial charge in [0, 0.05) is 6.07 Å². The second-order valence-electron chi connectivity index (χ2n) is 2.93. The van der Waals surface area contributed by atoms with Gasteiger partial charge < -0.3 is 9.52 Å². The van der Waals surface area contributed by atoms with Crippen LogP contribution < -0.4 is 5.63 Å². The van der Waals surface area contributed by atoms with Gasteiger partial charge in [-0.15, -0.1) is 0 Å². The van der Waals surface area contributed by atoms with Crippen molar-refractivity contribution in [2.75, 3.05) is 0 Å². The highest BCUT2D eigenvalue weighted by Crippen LogP contribution is 2.09. The number of aromatic hydroxyl groups is 1. The molecule has 1 aromatic rings. The number of aryl methyl sites for hydroxylation is 1. The molecule has 4 heteroatoms. The van der Waals surface area contributed by atoms with Crippen LogP contribution in [0.2, 0.25) is 0 Å². The van der Waals surface area contributed by atoms with E-state index in [1.807, 2.05) is 0 Å². The summed E-state index contributed by atoms with van der Waals surface area (Å²) >= 11 is 0. The SMILES string of the molecule is Cc1cccc(O)c(C=O)coc(=O)c1. The zero-order valence-electron chi connectivity index (χ0n) is 8.14. The molecule has 1 aromatic heterocycles. The number of rotatable bonds is 1. The zero-order chi connectivity index (χ0) is 11.3. The van der Waals surface area contributed by atoms with Crippen molar-refractivity contribution in [1.82, 2.24) is 0 Å². The highest BCUT2D eigenvalue weighted by Gasteiger charge is 1.94. The molecule has 0 aromatic carbocycles. The Labute approximate surface area is 86.1 Å². The fourth-order valence-electron chi connectivity index (χ4n) is 0.925. The second kappa shape index (κ2) is 4.95. The van der Waals surface area contributed by atoms with Crippen molar-refractivity contribution in [3.8, 4) is 5.75 Å². The minimum atomic E-state index is -0.591. The summed E-state index contributed by atoms with van der Waals surface area (Å²) in [6.07, 6.45) is 1.33. The first-order valence-corrected chi connectivity index (χ1v) is 4.25. The molecule has 0 spiro atoms. The lowest BCUT2D eigenvalue weighted by molar-refractivity contribution is 0.111. The van der Waals surface area contributed by atoms with Crippen LogP contribution in [0.3, 0.4) is 0 Å². The summed E-state index contributed by atoms with van der Waals surface area (Å²) < 4.78 is 4.62. The number of aldehydes is 1. The Hall–Kier alpha value is -2.10. The summed E-state index contributed by atoms with van der Waals surface area (Å²) in [5, 5.41) is 9.36. The molecule has 4 nitrogen and oxygen atoms in total. The van der Waals surface area contributed by atoms with Gasteiger partial charge in [-0.3, -0.25) is 4.79 Å². The maximum absolute atomic E-state index is 11.1. The molecule has 78 valence electrons. The molecule has 0 saturated carbocycles. The normalized spacial score (nSPS) is 9.13. The topological polar surface area (TPSA) is 67.5 Å². The van der Waals surface area contributed by atoms with Gasteiger partial charge in [-0.2, -0.15) is 0 Å². The molecular formula is C11H10O4. The molecule has 1 N–H and O–H groups in total. The van der Waals surface area contributed by atoms with E-state index >= 15 is 0 Å². The van der Waals surface area contributed by atoms with Gasteiger partial charge in [0.25, 0.3) is 0 Å². The van der Waals surface area contributed by atoms with Crippen LogP contribution >= 0.6 is 0 Å². The molecular weight excluding hydrogens is 196 g/mol. The average Bonchev–Trinajstić information content (AvgIpc) is 2.17. The second-order valence-corrected chi connectivity index (χ2v) is 2.93. The standard InChI is InChI=1S/C11H10O4/c1-8-3-2-4-10(13)9(6-12)7-15-11(14)5-8/h2-7,13H,1H3. The lowest BCUT2D eigenvalue weighted by atomic mass is 10.3. The lowest BCUT2D eigenvalue weighted by Crippen LogP contribution is -1.93. The van der Waals surface area contributed by atoms with Crippen molar-refractivity contribution >= 4 is 6.29 Å². The molecule has 0 aliphatic carbocycles. The Morgan fingerprint density at radius 3 is 2.80 bits per heavy atom. The van der Waals surface area contributed by atoms with Gasteiger partial charge in [0.15, 0.2) is 6.29 Å². The predicted molar refractivity (Wildman–Crippen MR) is 54.4 cm³/mol. The van der Waals surface area contributed by atoms with Gasteiger partial charge in [0.2, 0.25) is 0 Å². The van der Waals surface area contributed by atoms with Gasteiger partial charge in [-0.25, -0.2) is 4.79 Å². The highest BCUT2D eigenvalue weighted by atomic mass is 16.4. The monoisotopic (exact) mass is 206 g/mol. The van der Waals surface area contributed by atoms with Crippen LogP contribution in [0.4, 0.5) is 0 Å². The largest absolute Gasteiger partial charge is 0.507 e.